The maximum Gasteiger partial charge on any atom is 0.312 e. The topological polar surface area (TPSA) is 118 Å². The van der Waals surface area contributed by atoms with Crippen molar-refractivity contribution in [3.05, 3.63) is 0 Å². The summed E-state index contributed by atoms with van der Waals surface area (Å²) in [5.74, 6) is -0.943. The zero-order valence-corrected chi connectivity index (χ0v) is 6.62. The molecule has 0 aromatic rings. The van der Waals surface area contributed by atoms with E-state index in [-0.39, 0.29) is 6.42 Å². The van der Waals surface area contributed by atoms with Gasteiger partial charge in [0.2, 0.25) is 0 Å². The third-order valence-corrected chi connectivity index (χ3v) is 1.25. The first-order valence-electron chi connectivity index (χ1n) is 3.53. The van der Waals surface area contributed by atoms with Crippen LogP contribution in [0.2, 0.25) is 0 Å². The molecule has 0 unspecified atom stereocenters. The lowest BCUT2D eigenvalue weighted by Crippen LogP contribution is -2.34. The molecule has 6 heteroatoms. The summed E-state index contributed by atoms with van der Waals surface area (Å²) in [4.78, 5) is 20.3. The summed E-state index contributed by atoms with van der Waals surface area (Å²) in [6, 6.07) is -1.06. The van der Waals surface area contributed by atoms with Gasteiger partial charge in [0.25, 0.3) is 0 Å². The van der Waals surface area contributed by atoms with Crippen molar-refractivity contribution in [2.24, 2.45) is 11.5 Å². The number of rotatable bonds is 5. The van der Waals surface area contributed by atoms with E-state index in [1.165, 1.54) is 0 Å². The predicted octanol–water partition coefficient (Wildman–Crippen LogP) is -1.15. The van der Waals surface area contributed by atoms with Gasteiger partial charge in [0.05, 0.1) is 6.42 Å². The minimum atomic E-state index is -0.943. The molecule has 12 heavy (non-hydrogen) atoms. The standard InChI is InChI=1S/C6H13N3O3/c7-4(3-5(10)11)1-2-9-6(8)12/h4H,1-3,7H2,(H,10,11)(H3,8,9,12)/t4-/m1/s1. The number of nitrogens with one attached hydrogen (secondary N) is 1. The van der Waals surface area contributed by atoms with Crippen LogP contribution in [-0.2, 0) is 4.79 Å². The van der Waals surface area contributed by atoms with E-state index in [1.54, 1.807) is 0 Å². The zero-order chi connectivity index (χ0) is 9.56. The molecule has 0 saturated heterocycles. The number of primary amides is 1. The Labute approximate surface area is 69.9 Å². The van der Waals surface area contributed by atoms with Crippen molar-refractivity contribution in [1.82, 2.24) is 5.32 Å². The van der Waals surface area contributed by atoms with Crippen LogP contribution in [0.5, 0.6) is 0 Å². The van der Waals surface area contributed by atoms with Crippen LogP contribution < -0.4 is 16.8 Å². The Hall–Kier alpha value is -1.30. The quantitative estimate of drug-likeness (QED) is 0.421. The number of nitrogens with two attached hydrogens (primary N) is 2. The lowest BCUT2D eigenvalue weighted by atomic mass is 10.1. The fourth-order valence-corrected chi connectivity index (χ4v) is 0.707. The highest BCUT2D eigenvalue weighted by Gasteiger charge is 2.07. The third-order valence-electron chi connectivity index (χ3n) is 1.25. The fraction of sp³-hybridized carbons (Fsp3) is 0.667. The number of carboxylic acid groups (broad SMARTS) is 1. The molecule has 6 nitrogen and oxygen atoms in total. The average molecular weight is 175 g/mol. The Morgan fingerprint density at radius 2 is 2.08 bits per heavy atom. The van der Waals surface area contributed by atoms with Gasteiger partial charge in [-0.2, -0.15) is 0 Å². The molecule has 0 aromatic carbocycles. The van der Waals surface area contributed by atoms with Gasteiger partial charge < -0.3 is 21.9 Å². The monoisotopic (exact) mass is 175 g/mol. The van der Waals surface area contributed by atoms with Gasteiger partial charge in [-0.15, -0.1) is 0 Å². The lowest BCUT2D eigenvalue weighted by molar-refractivity contribution is -0.137. The maximum atomic E-state index is 10.2. The molecule has 70 valence electrons. The van der Waals surface area contributed by atoms with Gasteiger partial charge >= 0.3 is 12.0 Å². The molecule has 0 bridgehead atoms. The van der Waals surface area contributed by atoms with Crippen LogP contribution in [0.15, 0.2) is 0 Å². The van der Waals surface area contributed by atoms with Crippen molar-refractivity contribution in [3.8, 4) is 0 Å². The van der Waals surface area contributed by atoms with Crippen molar-refractivity contribution in [2.75, 3.05) is 6.54 Å². The summed E-state index contributed by atoms with van der Waals surface area (Å²) in [6.45, 7) is 0.309. The van der Waals surface area contributed by atoms with Gasteiger partial charge in [-0.3, -0.25) is 4.79 Å². The number of amides is 2. The molecule has 0 heterocycles. The Kier molecular flexibility index (Phi) is 4.78. The van der Waals surface area contributed by atoms with Crippen molar-refractivity contribution < 1.29 is 14.7 Å². The number of urea groups is 1. The summed E-state index contributed by atoms with van der Waals surface area (Å²) in [6.07, 6.45) is 0.315. The summed E-state index contributed by atoms with van der Waals surface area (Å²) in [7, 11) is 0. The van der Waals surface area contributed by atoms with Gasteiger partial charge in [-0.05, 0) is 6.42 Å². The Morgan fingerprint density at radius 3 is 2.50 bits per heavy atom. The van der Waals surface area contributed by atoms with Crippen LogP contribution in [0.4, 0.5) is 4.79 Å². The molecule has 6 N–H and O–H groups in total. The minimum absolute atomic E-state index is 0.0968. The second-order valence-electron chi connectivity index (χ2n) is 2.44. The number of hydrogen-bond donors (Lipinski definition) is 4. The second-order valence-corrected chi connectivity index (χ2v) is 2.44. The maximum absolute atomic E-state index is 10.2. The van der Waals surface area contributed by atoms with Crippen LogP contribution in [0.25, 0.3) is 0 Å². The number of aliphatic carboxylic acids is 1. The number of carbonyl (C=O) groups excluding carboxylic acids is 1. The average Bonchev–Trinajstić information content (AvgIpc) is 1.84. The molecule has 0 rings (SSSR count). The van der Waals surface area contributed by atoms with Crippen LogP contribution in [0.3, 0.4) is 0 Å². The van der Waals surface area contributed by atoms with Gasteiger partial charge in [0.1, 0.15) is 0 Å². The molecule has 0 aliphatic heterocycles. The molecular weight excluding hydrogens is 162 g/mol. The summed E-state index contributed by atoms with van der Waals surface area (Å²) < 4.78 is 0. The lowest BCUT2D eigenvalue weighted by Gasteiger charge is -2.07. The number of carbonyl (C=O) groups is 2. The minimum Gasteiger partial charge on any atom is -0.481 e. The molecule has 0 aliphatic carbocycles. The van der Waals surface area contributed by atoms with Gasteiger partial charge in [0.15, 0.2) is 0 Å². The van der Waals surface area contributed by atoms with Gasteiger partial charge in [-0.1, -0.05) is 0 Å². The summed E-state index contributed by atoms with van der Waals surface area (Å²) in [5.41, 5.74) is 10.2. The highest BCUT2D eigenvalue weighted by atomic mass is 16.4. The first-order valence-corrected chi connectivity index (χ1v) is 3.53. The second kappa shape index (κ2) is 5.36. The van der Waals surface area contributed by atoms with E-state index in [4.69, 9.17) is 16.6 Å². The smallest absolute Gasteiger partial charge is 0.312 e. The summed E-state index contributed by atoms with van der Waals surface area (Å²) >= 11 is 0. The molecule has 0 aromatic heterocycles. The van der Waals surface area contributed by atoms with Crippen LogP contribution >= 0.6 is 0 Å². The van der Waals surface area contributed by atoms with E-state index in [1.807, 2.05) is 0 Å². The van der Waals surface area contributed by atoms with E-state index in [0.29, 0.717) is 13.0 Å². The predicted molar refractivity (Wildman–Crippen MR) is 42.4 cm³/mol. The van der Waals surface area contributed by atoms with E-state index in [2.05, 4.69) is 5.32 Å². The zero-order valence-electron chi connectivity index (χ0n) is 6.62. The molecule has 0 radical (unpaired) electrons. The van der Waals surface area contributed by atoms with Gasteiger partial charge in [-0.25, -0.2) is 4.79 Å². The van der Waals surface area contributed by atoms with Crippen LogP contribution in [0.1, 0.15) is 12.8 Å². The Balaban J connectivity index is 3.37. The van der Waals surface area contributed by atoms with E-state index in [0.717, 1.165) is 0 Å². The Bertz CT molecular complexity index is 171. The van der Waals surface area contributed by atoms with Crippen molar-refractivity contribution in [1.29, 1.82) is 0 Å². The number of carboxylic acids is 1. The highest BCUT2D eigenvalue weighted by molar-refractivity contribution is 5.71. The van der Waals surface area contributed by atoms with Crippen LogP contribution in [0, 0.1) is 0 Å². The SMILES string of the molecule is NC(=O)NCC[C@@H](N)CC(=O)O. The molecule has 2 amide bonds. The largest absolute Gasteiger partial charge is 0.481 e. The fourth-order valence-electron chi connectivity index (χ4n) is 0.707. The first-order chi connectivity index (χ1) is 5.52. The Morgan fingerprint density at radius 1 is 1.50 bits per heavy atom. The first kappa shape index (κ1) is 10.7. The van der Waals surface area contributed by atoms with Crippen molar-refractivity contribution in [3.63, 3.8) is 0 Å². The highest BCUT2D eigenvalue weighted by Crippen LogP contribution is 1.92. The number of hydrogen-bond acceptors (Lipinski definition) is 3. The molecular formula is C6H13N3O3. The molecule has 0 saturated carbocycles. The molecule has 0 fully saturated rings. The summed E-state index contributed by atoms with van der Waals surface area (Å²) in [5, 5.41) is 10.6. The van der Waals surface area contributed by atoms with E-state index in [9.17, 15) is 9.59 Å². The normalized spacial score (nSPS) is 12.1. The third kappa shape index (κ3) is 6.81. The van der Waals surface area contributed by atoms with Crippen LogP contribution in [-0.4, -0.2) is 29.7 Å². The van der Waals surface area contributed by atoms with Gasteiger partial charge in [0, 0.05) is 12.6 Å². The van der Waals surface area contributed by atoms with Crippen molar-refractivity contribution >= 4 is 12.0 Å². The van der Waals surface area contributed by atoms with E-state index < -0.39 is 18.0 Å². The molecule has 1 atom stereocenters. The van der Waals surface area contributed by atoms with E-state index >= 15 is 0 Å². The van der Waals surface area contributed by atoms with Crippen molar-refractivity contribution in [2.45, 2.75) is 18.9 Å². The molecule has 0 aliphatic rings. The molecule has 0 spiro atoms.